The van der Waals surface area contributed by atoms with E-state index in [0.29, 0.717) is 12.5 Å². The molecule has 1 aliphatic rings. The number of piperidine rings is 1. The number of nitrogens with one attached hydrogen (secondary N) is 1. The first-order valence-electron chi connectivity index (χ1n) is 6.29. The number of hydrogen-bond donors (Lipinski definition) is 2. The number of likely N-dealkylation sites (tertiary alicyclic amines) is 1. The maximum atomic E-state index is 11.9. The normalized spacial score (nSPS) is 22.5. The fourth-order valence-corrected chi connectivity index (χ4v) is 2.47. The van der Waals surface area contributed by atoms with E-state index in [4.69, 9.17) is 5.11 Å². The molecular weight excluding hydrogens is 234 g/mol. The predicted octanol–water partition coefficient (Wildman–Crippen LogP) is -0.541. The fourth-order valence-electron chi connectivity index (χ4n) is 2.47. The first-order chi connectivity index (χ1) is 8.45. The van der Waals surface area contributed by atoms with Gasteiger partial charge in [-0.3, -0.25) is 10.1 Å². The lowest BCUT2D eigenvalue weighted by Crippen LogP contribution is -2.50. The van der Waals surface area contributed by atoms with Crippen molar-refractivity contribution in [3.63, 3.8) is 0 Å². The zero-order valence-corrected chi connectivity index (χ0v) is 11.3. The van der Waals surface area contributed by atoms with E-state index in [1.807, 2.05) is 0 Å². The lowest BCUT2D eigenvalue weighted by Gasteiger charge is -2.33. The molecule has 2 atom stereocenters. The third kappa shape index (κ3) is 3.96. The van der Waals surface area contributed by atoms with Crippen molar-refractivity contribution in [1.82, 2.24) is 15.1 Å². The molecule has 0 saturated carbocycles. The maximum Gasteiger partial charge on any atom is 0.330 e. The molecule has 18 heavy (non-hydrogen) atoms. The number of carboxylic acid groups (broad SMARTS) is 1. The summed E-state index contributed by atoms with van der Waals surface area (Å²) in [5.41, 5.74) is 0. The van der Waals surface area contributed by atoms with Gasteiger partial charge in [-0.1, -0.05) is 0 Å². The van der Waals surface area contributed by atoms with Crippen LogP contribution in [0.4, 0.5) is 0 Å². The molecule has 1 saturated heterocycles. The minimum absolute atomic E-state index is 0.377. The van der Waals surface area contributed by atoms with E-state index in [1.165, 1.54) is 11.9 Å². The van der Waals surface area contributed by atoms with Crippen molar-refractivity contribution in [1.29, 1.82) is 0 Å². The smallest absolute Gasteiger partial charge is 0.330 e. The van der Waals surface area contributed by atoms with Gasteiger partial charge in [-0.15, -0.1) is 0 Å². The van der Waals surface area contributed by atoms with Crippen LogP contribution in [0.3, 0.4) is 0 Å². The first kappa shape index (κ1) is 14.9. The summed E-state index contributed by atoms with van der Waals surface area (Å²) in [5.74, 6) is -1.07. The highest BCUT2D eigenvalue weighted by Gasteiger charge is 2.29. The molecule has 0 aliphatic carbocycles. The van der Waals surface area contributed by atoms with Crippen molar-refractivity contribution in [2.24, 2.45) is 5.92 Å². The standard InChI is InChI=1S/C12H23N3O3/c1-13-10(12(17)18)11(16)15(3)8-9-5-4-6-14(2)7-9/h9-10,13H,4-8H2,1-3H3,(H,17,18). The molecule has 104 valence electrons. The number of carbonyl (C=O) groups excluding carboxylic acids is 1. The van der Waals surface area contributed by atoms with Gasteiger partial charge in [-0.05, 0) is 39.4 Å². The molecular formula is C12H23N3O3. The van der Waals surface area contributed by atoms with Gasteiger partial charge in [0, 0.05) is 20.1 Å². The zero-order valence-electron chi connectivity index (χ0n) is 11.3. The van der Waals surface area contributed by atoms with Gasteiger partial charge in [0.15, 0.2) is 6.04 Å². The molecule has 1 heterocycles. The minimum Gasteiger partial charge on any atom is -0.480 e. The SMILES string of the molecule is CNC(C(=O)O)C(=O)N(C)CC1CCCN(C)C1. The van der Waals surface area contributed by atoms with Gasteiger partial charge >= 0.3 is 5.97 Å². The van der Waals surface area contributed by atoms with Crippen molar-refractivity contribution < 1.29 is 14.7 Å². The second-order valence-corrected chi connectivity index (χ2v) is 5.05. The average molecular weight is 257 g/mol. The van der Waals surface area contributed by atoms with Gasteiger partial charge in [0.05, 0.1) is 0 Å². The van der Waals surface area contributed by atoms with Gasteiger partial charge in [-0.25, -0.2) is 4.79 Å². The Balaban J connectivity index is 2.50. The van der Waals surface area contributed by atoms with E-state index >= 15 is 0 Å². The van der Waals surface area contributed by atoms with E-state index in [0.717, 1.165) is 25.9 Å². The Morgan fingerprint density at radius 3 is 2.72 bits per heavy atom. The van der Waals surface area contributed by atoms with Crippen LogP contribution in [0.15, 0.2) is 0 Å². The number of likely N-dealkylation sites (N-methyl/N-ethyl adjacent to an activating group) is 2. The van der Waals surface area contributed by atoms with Crippen molar-refractivity contribution in [3.8, 4) is 0 Å². The monoisotopic (exact) mass is 257 g/mol. The highest BCUT2D eigenvalue weighted by Crippen LogP contribution is 2.16. The topological polar surface area (TPSA) is 72.9 Å². The van der Waals surface area contributed by atoms with Crippen LogP contribution in [-0.4, -0.2) is 73.6 Å². The van der Waals surface area contributed by atoms with E-state index < -0.39 is 12.0 Å². The first-order valence-corrected chi connectivity index (χ1v) is 6.29. The molecule has 0 bridgehead atoms. The Labute approximate surface area is 108 Å². The second-order valence-electron chi connectivity index (χ2n) is 5.05. The van der Waals surface area contributed by atoms with Crippen LogP contribution in [-0.2, 0) is 9.59 Å². The van der Waals surface area contributed by atoms with Crippen LogP contribution in [0.2, 0.25) is 0 Å². The number of aliphatic carboxylic acids is 1. The highest BCUT2D eigenvalue weighted by atomic mass is 16.4. The van der Waals surface area contributed by atoms with Crippen molar-refractivity contribution in [2.45, 2.75) is 18.9 Å². The summed E-state index contributed by atoms with van der Waals surface area (Å²) < 4.78 is 0. The summed E-state index contributed by atoms with van der Waals surface area (Å²) >= 11 is 0. The van der Waals surface area contributed by atoms with Gasteiger partial charge in [-0.2, -0.15) is 0 Å². The van der Waals surface area contributed by atoms with Crippen LogP contribution in [0.25, 0.3) is 0 Å². The van der Waals surface area contributed by atoms with E-state index in [1.54, 1.807) is 7.05 Å². The third-order valence-corrected chi connectivity index (χ3v) is 3.41. The maximum absolute atomic E-state index is 11.9. The van der Waals surface area contributed by atoms with Crippen molar-refractivity contribution >= 4 is 11.9 Å². The quantitative estimate of drug-likeness (QED) is 0.647. The summed E-state index contributed by atoms with van der Waals surface area (Å²) in [5, 5.41) is 11.4. The van der Waals surface area contributed by atoms with Gasteiger partial charge < -0.3 is 14.9 Å². The number of hydrogen-bond acceptors (Lipinski definition) is 4. The van der Waals surface area contributed by atoms with Crippen LogP contribution in [0.1, 0.15) is 12.8 Å². The highest BCUT2D eigenvalue weighted by molar-refractivity contribution is 6.01. The minimum atomic E-state index is -1.14. The predicted molar refractivity (Wildman–Crippen MR) is 68.3 cm³/mol. The molecule has 0 aromatic heterocycles. The molecule has 6 heteroatoms. The molecule has 2 unspecified atom stereocenters. The van der Waals surface area contributed by atoms with Gasteiger partial charge in [0.1, 0.15) is 0 Å². The average Bonchev–Trinajstić information content (AvgIpc) is 2.29. The summed E-state index contributed by atoms with van der Waals surface area (Å²) in [6.45, 7) is 2.69. The lowest BCUT2D eigenvalue weighted by molar-refractivity contribution is -0.147. The van der Waals surface area contributed by atoms with Gasteiger partial charge in [0.2, 0.25) is 0 Å². The molecule has 1 amide bonds. The van der Waals surface area contributed by atoms with Crippen LogP contribution >= 0.6 is 0 Å². The van der Waals surface area contributed by atoms with E-state index in [9.17, 15) is 9.59 Å². The molecule has 0 radical (unpaired) electrons. The number of carbonyl (C=O) groups is 2. The van der Waals surface area contributed by atoms with E-state index in [2.05, 4.69) is 17.3 Å². The Morgan fingerprint density at radius 2 is 2.22 bits per heavy atom. The number of nitrogens with zero attached hydrogens (tertiary/aromatic N) is 2. The molecule has 1 rings (SSSR count). The molecule has 2 N–H and O–H groups in total. The fraction of sp³-hybridized carbons (Fsp3) is 0.833. The van der Waals surface area contributed by atoms with Crippen molar-refractivity contribution in [2.75, 3.05) is 40.8 Å². The van der Waals surface area contributed by atoms with Crippen molar-refractivity contribution in [3.05, 3.63) is 0 Å². The number of carboxylic acids is 1. The summed E-state index contributed by atoms with van der Waals surface area (Å²) in [6.07, 6.45) is 2.23. The van der Waals surface area contributed by atoms with Crippen LogP contribution in [0.5, 0.6) is 0 Å². The summed E-state index contributed by atoms with van der Waals surface area (Å²) in [7, 11) is 5.23. The third-order valence-electron chi connectivity index (χ3n) is 3.41. The molecule has 0 aromatic rings. The molecule has 6 nitrogen and oxygen atoms in total. The Hall–Kier alpha value is -1.14. The second kappa shape index (κ2) is 6.70. The van der Waals surface area contributed by atoms with E-state index in [-0.39, 0.29) is 5.91 Å². The Bertz CT molecular complexity index is 309. The zero-order chi connectivity index (χ0) is 13.7. The molecule has 0 spiro atoms. The largest absolute Gasteiger partial charge is 0.480 e. The number of rotatable bonds is 5. The Kier molecular flexibility index (Phi) is 5.55. The van der Waals surface area contributed by atoms with Gasteiger partial charge in [0.25, 0.3) is 5.91 Å². The molecule has 1 fully saturated rings. The summed E-state index contributed by atoms with van der Waals surface area (Å²) in [4.78, 5) is 26.6. The van der Waals surface area contributed by atoms with Crippen LogP contribution < -0.4 is 5.32 Å². The summed E-state index contributed by atoms with van der Waals surface area (Å²) in [6, 6.07) is -1.14. The van der Waals surface area contributed by atoms with Crippen LogP contribution in [0, 0.1) is 5.92 Å². The lowest BCUT2D eigenvalue weighted by atomic mass is 9.98. The number of amides is 1. The molecule has 1 aliphatic heterocycles. The molecule has 0 aromatic carbocycles. The Morgan fingerprint density at radius 1 is 1.56 bits per heavy atom.